The molecule has 0 aromatic heterocycles. The minimum Gasteiger partial charge on any atom is -0.462 e. The first-order valence-corrected chi connectivity index (χ1v) is 32.0. The van der Waals surface area contributed by atoms with Crippen LogP contribution in [0.2, 0.25) is 0 Å². The molecule has 2 unspecified atom stereocenters. The third kappa shape index (κ3) is 62.3. The summed E-state index contributed by atoms with van der Waals surface area (Å²) >= 11 is 0. The maximum absolute atomic E-state index is 12.8. The fraction of sp³-hybridized carbons (Fsp3) is 0.543. The van der Waals surface area contributed by atoms with Crippen LogP contribution in [0.25, 0.3) is 0 Å². The third-order valence-corrected chi connectivity index (χ3v) is 12.9. The summed E-state index contributed by atoms with van der Waals surface area (Å²) in [4.78, 5) is 35.8. The molecule has 10 heteroatoms. The van der Waals surface area contributed by atoms with Gasteiger partial charge in [0.15, 0.2) is 6.10 Å². The second-order valence-corrected chi connectivity index (χ2v) is 22.1. The number of ether oxygens (including phenoxy) is 2. The van der Waals surface area contributed by atoms with Crippen LogP contribution >= 0.6 is 7.82 Å². The molecule has 9 nitrogen and oxygen atoms in total. The first-order chi connectivity index (χ1) is 39.0. The molecule has 0 spiro atoms. The fourth-order valence-corrected chi connectivity index (χ4v) is 8.04. The van der Waals surface area contributed by atoms with Gasteiger partial charge < -0.3 is 18.9 Å². The van der Waals surface area contributed by atoms with E-state index in [1.54, 1.807) is 0 Å². The van der Waals surface area contributed by atoms with Gasteiger partial charge in [-0.1, -0.05) is 228 Å². The number of carbonyl (C=O) groups excluding carboxylic acids is 2. The van der Waals surface area contributed by atoms with Crippen LogP contribution in [0.1, 0.15) is 194 Å². The second-order valence-electron chi connectivity index (χ2n) is 20.6. The molecule has 0 saturated heterocycles. The summed E-state index contributed by atoms with van der Waals surface area (Å²) in [6.07, 6.45) is 91.0. The van der Waals surface area contributed by atoms with Crippen molar-refractivity contribution in [2.75, 3.05) is 47.5 Å². The minimum absolute atomic E-state index is 0.0110. The van der Waals surface area contributed by atoms with Crippen LogP contribution < -0.4 is 0 Å². The van der Waals surface area contributed by atoms with E-state index in [1.165, 1.54) is 0 Å². The van der Waals surface area contributed by atoms with Crippen LogP contribution in [-0.4, -0.2) is 74.9 Å². The Morgan fingerprint density at radius 2 is 0.675 bits per heavy atom. The molecule has 0 amide bonds. The van der Waals surface area contributed by atoms with Gasteiger partial charge in [0.25, 0.3) is 0 Å². The van der Waals surface area contributed by atoms with Gasteiger partial charge in [0.2, 0.25) is 0 Å². The summed E-state index contributed by atoms with van der Waals surface area (Å²) in [6, 6.07) is 0. The SMILES string of the molecule is CC/C=C\C/C=C\C/C=C\C/C=C\C/C=C\C/C=C\C/C=C\C/C=C\CCCCCCC(=O)OC(COC(=O)CCCCCCC/C=C\C/C=C\C/C=C\C/C=C\C/C=C\C/C=C\C/C=C\CC)COP(=O)(O)OCC[N+](C)(C)C. The molecule has 448 valence electrons. The molecule has 1 N–H and O–H groups in total. The number of unbranched alkanes of at least 4 members (excludes halogenated alkanes) is 9. The van der Waals surface area contributed by atoms with Crippen LogP contribution in [0.4, 0.5) is 0 Å². The lowest BCUT2D eigenvalue weighted by atomic mass is 10.1. The molecule has 0 heterocycles. The number of quaternary nitrogens is 1. The second kappa shape index (κ2) is 58.8. The number of phosphoric ester groups is 1. The van der Waals surface area contributed by atoms with Crippen molar-refractivity contribution in [1.29, 1.82) is 0 Å². The Balaban J connectivity index is 4.33. The number of esters is 2. The predicted octanol–water partition coefficient (Wildman–Crippen LogP) is 19.6. The summed E-state index contributed by atoms with van der Waals surface area (Å²) in [5.41, 5.74) is 0. The van der Waals surface area contributed by atoms with Crippen LogP contribution in [0.5, 0.6) is 0 Å². The summed E-state index contributed by atoms with van der Waals surface area (Å²) in [7, 11) is 1.41. The maximum Gasteiger partial charge on any atom is 0.472 e. The highest BCUT2D eigenvalue weighted by molar-refractivity contribution is 7.47. The molecule has 0 aromatic rings. The van der Waals surface area contributed by atoms with Crippen LogP contribution in [0.3, 0.4) is 0 Å². The van der Waals surface area contributed by atoms with Gasteiger partial charge in [0, 0.05) is 12.8 Å². The van der Waals surface area contributed by atoms with Gasteiger partial charge in [0.05, 0.1) is 27.7 Å². The van der Waals surface area contributed by atoms with Crippen LogP contribution in [0, 0.1) is 0 Å². The Morgan fingerprint density at radius 3 is 1.00 bits per heavy atom. The van der Waals surface area contributed by atoms with E-state index in [9.17, 15) is 19.0 Å². The summed E-state index contributed by atoms with van der Waals surface area (Å²) < 4.78 is 34.5. The predicted molar refractivity (Wildman–Crippen MR) is 343 cm³/mol. The highest BCUT2D eigenvalue weighted by atomic mass is 31.2. The molecule has 2 atom stereocenters. The number of likely N-dealkylation sites (N-methyl/N-ethyl adjacent to an activating group) is 1. The molecule has 0 aliphatic rings. The number of nitrogens with zero attached hydrogens (tertiary/aromatic N) is 1. The number of hydrogen-bond acceptors (Lipinski definition) is 7. The van der Waals surface area contributed by atoms with Crippen molar-refractivity contribution in [2.24, 2.45) is 0 Å². The maximum atomic E-state index is 12.8. The van der Waals surface area contributed by atoms with Gasteiger partial charge in [-0.05, 0) is 135 Å². The lowest BCUT2D eigenvalue weighted by Gasteiger charge is -2.24. The van der Waals surface area contributed by atoms with E-state index in [2.05, 4.69) is 196 Å². The molecule has 0 radical (unpaired) electrons. The number of rotatable bonds is 53. The molecular formula is C70H111NO8P+. The molecule has 0 fully saturated rings. The number of hydrogen-bond donors (Lipinski definition) is 1. The Hall–Kier alpha value is -4.89. The third-order valence-electron chi connectivity index (χ3n) is 11.9. The topological polar surface area (TPSA) is 108 Å². The van der Waals surface area contributed by atoms with Gasteiger partial charge in [-0.3, -0.25) is 18.6 Å². The van der Waals surface area contributed by atoms with Crippen molar-refractivity contribution in [1.82, 2.24) is 0 Å². The molecule has 0 rings (SSSR count). The highest BCUT2D eigenvalue weighted by Gasteiger charge is 2.27. The fourth-order valence-electron chi connectivity index (χ4n) is 7.30. The molecule has 0 aliphatic carbocycles. The summed E-state index contributed by atoms with van der Waals surface area (Å²) in [5.74, 6) is -0.867. The van der Waals surface area contributed by atoms with Crippen LogP contribution in [-0.2, 0) is 32.7 Å². The van der Waals surface area contributed by atoms with Crippen molar-refractivity contribution in [3.05, 3.63) is 182 Å². The normalized spacial score (nSPS) is 14.5. The molecule has 0 aliphatic heterocycles. The monoisotopic (exact) mass is 1120 g/mol. The van der Waals surface area contributed by atoms with E-state index < -0.39 is 32.5 Å². The van der Waals surface area contributed by atoms with Crippen LogP contribution in [0.15, 0.2) is 182 Å². The van der Waals surface area contributed by atoms with E-state index in [1.807, 2.05) is 21.1 Å². The lowest BCUT2D eigenvalue weighted by Crippen LogP contribution is -2.37. The Labute approximate surface area is 489 Å². The summed E-state index contributed by atoms with van der Waals surface area (Å²) in [5, 5.41) is 0. The standard InChI is InChI=1S/C70H110NO8P/c1-6-8-10-12-14-16-18-20-22-24-26-28-30-32-34-35-37-39-41-43-45-47-49-51-53-55-57-59-61-63-70(73)79-68(67-78-80(74,75)77-65-64-71(3,4)5)66-76-69(72)62-60-58-56-54-52-50-48-46-44-42-40-38-36-33-31-29-27-25-23-21-19-17-15-13-11-9-7-2/h8-11,14-17,20-23,26-29,32-34,36-37,39-40,42-43,45-46,48-49,51,68H,6-7,12-13,18-19,24-25,30-31,35,38,41,44,47,50,52-67H2,1-5H3/p+1/b10-8-,11-9-,16-14-,17-15-,22-20-,23-21-,28-26-,29-27-,34-32-,36-33-,39-37-,42-40-,45-43-,48-46-,51-49-. The van der Waals surface area contributed by atoms with Gasteiger partial charge in [-0.25, -0.2) is 4.57 Å². The Kier molecular flexibility index (Phi) is 55.2. The first-order valence-electron chi connectivity index (χ1n) is 30.5. The Morgan fingerprint density at radius 1 is 0.388 bits per heavy atom. The Bertz CT molecular complexity index is 2000. The van der Waals surface area contributed by atoms with E-state index in [0.29, 0.717) is 23.9 Å². The van der Waals surface area contributed by atoms with Crippen molar-refractivity contribution in [3.8, 4) is 0 Å². The van der Waals surface area contributed by atoms with Crippen molar-refractivity contribution in [3.63, 3.8) is 0 Å². The van der Waals surface area contributed by atoms with Crippen molar-refractivity contribution >= 4 is 19.8 Å². The zero-order valence-corrected chi connectivity index (χ0v) is 51.6. The summed E-state index contributed by atoms with van der Waals surface area (Å²) in [6.45, 7) is 4.11. The molecule has 0 bridgehead atoms. The number of allylic oxidation sites excluding steroid dienone is 30. The largest absolute Gasteiger partial charge is 0.472 e. The molecule has 0 saturated carbocycles. The average Bonchev–Trinajstić information content (AvgIpc) is 3.42. The molecular weight excluding hydrogens is 1010 g/mol. The van der Waals surface area contributed by atoms with E-state index in [-0.39, 0.29) is 26.1 Å². The van der Waals surface area contributed by atoms with Gasteiger partial charge in [-0.15, -0.1) is 0 Å². The molecule has 0 aromatic carbocycles. The lowest BCUT2D eigenvalue weighted by molar-refractivity contribution is -0.870. The van der Waals surface area contributed by atoms with Gasteiger partial charge in [0.1, 0.15) is 19.8 Å². The van der Waals surface area contributed by atoms with E-state index in [0.717, 1.165) is 154 Å². The van der Waals surface area contributed by atoms with E-state index in [4.69, 9.17) is 18.5 Å². The smallest absolute Gasteiger partial charge is 0.462 e. The number of phosphoric acid groups is 1. The zero-order valence-electron chi connectivity index (χ0n) is 50.7. The van der Waals surface area contributed by atoms with Crippen molar-refractivity contribution in [2.45, 2.75) is 200 Å². The van der Waals surface area contributed by atoms with Gasteiger partial charge >= 0.3 is 19.8 Å². The average molecular weight is 1130 g/mol. The zero-order chi connectivity index (χ0) is 58.4. The first kappa shape index (κ1) is 75.1. The van der Waals surface area contributed by atoms with Crippen molar-refractivity contribution < 1.29 is 42.1 Å². The molecule has 80 heavy (non-hydrogen) atoms. The quantitative estimate of drug-likeness (QED) is 0.0211. The number of carbonyl (C=O) groups is 2. The van der Waals surface area contributed by atoms with Gasteiger partial charge in [-0.2, -0.15) is 0 Å². The highest BCUT2D eigenvalue weighted by Crippen LogP contribution is 2.43. The van der Waals surface area contributed by atoms with E-state index >= 15 is 0 Å². The minimum atomic E-state index is -4.42.